The number of hydrogen-bond donors (Lipinski definition) is 0. The summed E-state index contributed by atoms with van der Waals surface area (Å²) < 4.78 is 39.9. The molecule has 0 N–H and O–H groups in total. The number of rotatable bonds is 0. The number of fused-ring (bicyclic) bond motifs is 1. The monoisotopic (exact) mass is 192 g/mol. The Kier molecular flexibility index (Phi) is 1.82. The molecule has 0 aromatic heterocycles. The van der Waals surface area contributed by atoms with Gasteiger partial charge in [0.25, 0.3) is 0 Å². The molecule has 2 saturated heterocycles. The standard InChI is InChI=1S/C8H10F2O3/c1-8(2)12-4-3-11-6(7(9)10)5(4)13-8/h4-5H,3H2,1-2H3. The van der Waals surface area contributed by atoms with Crippen LogP contribution in [0.1, 0.15) is 13.8 Å². The molecule has 3 nitrogen and oxygen atoms in total. The van der Waals surface area contributed by atoms with Gasteiger partial charge >= 0.3 is 6.08 Å². The molecule has 13 heavy (non-hydrogen) atoms. The maximum atomic E-state index is 12.2. The summed E-state index contributed by atoms with van der Waals surface area (Å²) in [6, 6.07) is 0. The third kappa shape index (κ3) is 1.42. The molecule has 0 bridgehead atoms. The molecule has 0 aliphatic carbocycles. The Hall–Kier alpha value is -0.680. The minimum atomic E-state index is -1.83. The van der Waals surface area contributed by atoms with Crippen LogP contribution in [0.3, 0.4) is 0 Å². The Balaban J connectivity index is 2.22. The zero-order valence-corrected chi connectivity index (χ0v) is 7.34. The fourth-order valence-corrected chi connectivity index (χ4v) is 1.60. The van der Waals surface area contributed by atoms with Gasteiger partial charge in [-0.25, -0.2) is 0 Å². The molecule has 2 atom stereocenters. The van der Waals surface area contributed by atoms with Gasteiger partial charge in [0.15, 0.2) is 17.7 Å². The summed E-state index contributed by atoms with van der Waals surface area (Å²) in [5, 5.41) is 0. The zero-order chi connectivity index (χ0) is 9.64. The molecule has 2 heterocycles. The first-order valence-electron chi connectivity index (χ1n) is 4.03. The number of ether oxygens (including phenoxy) is 3. The molecule has 2 fully saturated rings. The second kappa shape index (κ2) is 2.65. The molecule has 0 radical (unpaired) electrons. The van der Waals surface area contributed by atoms with Gasteiger partial charge in [-0.3, -0.25) is 0 Å². The Morgan fingerprint density at radius 3 is 2.69 bits per heavy atom. The normalized spacial score (nSPS) is 35.8. The fraction of sp³-hybridized carbons (Fsp3) is 0.750. The van der Waals surface area contributed by atoms with E-state index in [1.807, 2.05) is 0 Å². The van der Waals surface area contributed by atoms with E-state index in [0.29, 0.717) is 0 Å². The van der Waals surface area contributed by atoms with E-state index >= 15 is 0 Å². The molecule has 2 aliphatic rings. The van der Waals surface area contributed by atoms with Gasteiger partial charge in [0.05, 0.1) is 0 Å². The van der Waals surface area contributed by atoms with E-state index in [0.717, 1.165) is 0 Å². The van der Waals surface area contributed by atoms with Crippen LogP contribution in [0, 0.1) is 0 Å². The molecule has 74 valence electrons. The summed E-state index contributed by atoms with van der Waals surface area (Å²) in [7, 11) is 0. The van der Waals surface area contributed by atoms with E-state index in [1.54, 1.807) is 13.8 Å². The van der Waals surface area contributed by atoms with Crippen molar-refractivity contribution in [1.29, 1.82) is 0 Å². The third-order valence-corrected chi connectivity index (χ3v) is 2.03. The highest BCUT2D eigenvalue weighted by atomic mass is 19.3. The maximum absolute atomic E-state index is 12.2. The Morgan fingerprint density at radius 1 is 1.38 bits per heavy atom. The Morgan fingerprint density at radius 2 is 2.08 bits per heavy atom. The SMILES string of the molecule is CC1(C)OC2COC(=C(F)F)C2O1. The van der Waals surface area contributed by atoms with E-state index in [1.165, 1.54) is 0 Å². The van der Waals surface area contributed by atoms with Gasteiger partial charge < -0.3 is 14.2 Å². The topological polar surface area (TPSA) is 27.7 Å². The van der Waals surface area contributed by atoms with Gasteiger partial charge in [-0.15, -0.1) is 0 Å². The predicted molar refractivity (Wildman–Crippen MR) is 39.0 cm³/mol. The molecule has 2 unspecified atom stereocenters. The molecule has 0 aromatic carbocycles. The molecular formula is C8H10F2O3. The second-order valence-corrected chi connectivity index (χ2v) is 3.53. The van der Waals surface area contributed by atoms with Crippen molar-refractivity contribution >= 4 is 0 Å². The molecular weight excluding hydrogens is 182 g/mol. The van der Waals surface area contributed by atoms with Crippen molar-refractivity contribution in [3.05, 3.63) is 11.8 Å². The Bertz CT molecular complexity index is 258. The summed E-state index contributed by atoms with van der Waals surface area (Å²) in [6.45, 7) is 3.53. The van der Waals surface area contributed by atoms with Gasteiger partial charge in [0, 0.05) is 0 Å². The largest absolute Gasteiger partial charge is 0.487 e. The van der Waals surface area contributed by atoms with Crippen LogP contribution in [0.2, 0.25) is 0 Å². The molecule has 5 heteroatoms. The van der Waals surface area contributed by atoms with Gasteiger partial charge in [-0.05, 0) is 13.8 Å². The molecule has 0 aromatic rings. The van der Waals surface area contributed by atoms with Crippen LogP contribution in [0.5, 0.6) is 0 Å². The average molecular weight is 192 g/mol. The lowest BCUT2D eigenvalue weighted by molar-refractivity contribution is -0.158. The minimum absolute atomic E-state index is 0.140. The summed E-state index contributed by atoms with van der Waals surface area (Å²) >= 11 is 0. The minimum Gasteiger partial charge on any atom is -0.487 e. The molecule has 0 amide bonds. The molecule has 0 saturated carbocycles. The highest BCUT2D eigenvalue weighted by Crippen LogP contribution is 2.38. The third-order valence-electron chi connectivity index (χ3n) is 2.03. The van der Waals surface area contributed by atoms with Crippen molar-refractivity contribution in [2.24, 2.45) is 0 Å². The zero-order valence-electron chi connectivity index (χ0n) is 7.34. The van der Waals surface area contributed by atoms with E-state index in [9.17, 15) is 8.78 Å². The van der Waals surface area contributed by atoms with Gasteiger partial charge in [-0.2, -0.15) is 8.78 Å². The van der Waals surface area contributed by atoms with Crippen molar-refractivity contribution in [3.63, 3.8) is 0 Å². The summed E-state index contributed by atoms with van der Waals surface area (Å²) in [4.78, 5) is 0. The lowest BCUT2D eigenvalue weighted by Gasteiger charge is -2.18. The van der Waals surface area contributed by atoms with Crippen molar-refractivity contribution in [2.45, 2.75) is 31.8 Å². The van der Waals surface area contributed by atoms with E-state index in [-0.39, 0.29) is 12.4 Å². The molecule has 0 spiro atoms. The first-order valence-corrected chi connectivity index (χ1v) is 4.03. The van der Waals surface area contributed by atoms with E-state index < -0.39 is 24.1 Å². The van der Waals surface area contributed by atoms with Gasteiger partial charge in [-0.1, -0.05) is 0 Å². The quantitative estimate of drug-likeness (QED) is 0.584. The lowest BCUT2D eigenvalue weighted by atomic mass is 10.2. The fourth-order valence-electron chi connectivity index (χ4n) is 1.60. The summed E-state index contributed by atoms with van der Waals surface area (Å²) in [5.74, 6) is -1.17. The van der Waals surface area contributed by atoms with Gasteiger partial charge in [0.2, 0.25) is 0 Å². The van der Waals surface area contributed by atoms with Crippen molar-refractivity contribution in [1.82, 2.24) is 0 Å². The van der Waals surface area contributed by atoms with Crippen LogP contribution in [0.15, 0.2) is 11.8 Å². The van der Waals surface area contributed by atoms with Crippen LogP contribution in [-0.2, 0) is 14.2 Å². The van der Waals surface area contributed by atoms with Crippen LogP contribution in [0.25, 0.3) is 0 Å². The average Bonchev–Trinajstić information content (AvgIpc) is 2.41. The first kappa shape index (κ1) is 8.90. The Labute approximate surface area is 74.3 Å². The molecule has 2 aliphatic heterocycles. The second-order valence-electron chi connectivity index (χ2n) is 3.53. The van der Waals surface area contributed by atoms with Crippen molar-refractivity contribution < 1.29 is 23.0 Å². The van der Waals surface area contributed by atoms with Gasteiger partial charge in [0.1, 0.15) is 12.7 Å². The number of halogens is 2. The summed E-state index contributed by atoms with van der Waals surface area (Å²) in [6.07, 6.45) is -2.96. The van der Waals surface area contributed by atoms with Crippen LogP contribution >= 0.6 is 0 Å². The smallest absolute Gasteiger partial charge is 0.310 e. The van der Waals surface area contributed by atoms with Crippen molar-refractivity contribution in [3.8, 4) is 0 Å². The van der Waals surface area contributed by atoms with Crippen LogP contribution < -0.4 is 0 Å². The van der Waals surface area contributed by atoms with Crippen LogP contribution in [0.4, 0.5) is 8.78 Å². The maximum Gasteiger partial charge on any atom is 0.310 e. The summed E-state index contributed by atoms with van der Waals surface area (Å²) in [5.41, 5.74) is 0. The number of hydrogen-bond acceptors (Lipinski definition) is 3. The lowest BCUT2D eigenvalue weighted by Crippen LogP contribution is -2.23. The predicted octanol–water partition coefficient (Wildman–Crippen LogP) is 1.64. The first-order chi connectivity index (χ1) is 5.99. The van der Waals surface area contributed by atoms with E-state index in [2.05, 4.69) is 0 Å². The van der Waals surface area contributed by atoms with E-state index in [4.69, 9.17) is 14.2 Å². The van der Waals surface area contributed by atoms with Crippen LogP contribution in [-0.4, -0.2) is 24.6 Å². The highest BCUT2D eigenvalue weighted by molar-refractivity contribution is 5.11. The molecule has 2 rings (SSSR count). The highest BCUT2D eigenvalue weighted by Gasteiger charge is 2.49. The van der Waals surface area contributed by atoms with Crippen molar-refractivity contribution in [2.75, 3.05) is 6.61 Å².